The average Bonchev–Trinajstić information content (AvgIpc) is 3.06. The van der Waals surface area contributed by atoms with Gasteiger partial charge in [0.15, 0.2) is 0 Å². The van der Waals surface area contributed by atoms with Gasteiger partial charge in [0, 0.05) is 17.1 Å². The summed E-state index contributed by atoms with van der Waals surface area (Å²) in [6.07, 6.45) is 4.28. The van der Waals surface area contributed by atoms with E-state index in [1.807, 2.05) is 52.0 Å². The smallest absolute Gasteiger partial charge is 0.399 e. The number of benzene rings is 1. The minimum absolute atomic E-state index is 0.117. The molecule has 0 unspecified atom stereocenters. The number of hydrogen-bond donors (Lipinski definition) is 1. The molecule has 1 aromatic rings. The number of nitrogens with one attached hydrogen (secondary N) is 1. The van der Waals surface area contributed by atoms with Crippen LogP contribution in [0.5, 0.6) is 0 Å². The summed E-state index contributed by atoms with van der Waals surface area (Å²) in [5, 5.41) is 3.09. The van der Waals surface area contributed by atoms with Crippen LogP contribution in [0.2, 0.25) is 0 Å². The van der Waals surface area contributed by atoms with Crippen LogP contribution in [0.25, 0.3) is 0 Å². The Morgan fingerprint density at radius 2 is 1.65 bits per heavy atom. The first-order valence-electron chi connectivity index (χ1n) is 8.55. The lowest BCUT2D eigenvalue weighted by Crippen LogP contribution is -2.41. The van der Waals surface area contributed by atoms with E-state index >= 15 is 0 Å². The van der Waals surface area contributed by atoms with Crippen molar-refractivity contribution in [1.29, 1.82) is 0 Å². The van der Waals surface area contributed by atoms with Crippen molar-refractivity contribution in [2.45, 2.75) is 64.6 Å². The highest BCUT2D eigenvalue weighted by Crippen LogP contribution is 2.37. The monoisotopic (exact) mass is 315 g/mol. The minimum atomic E-state index is -0.458. The van der Waals surface area contributed by atoms with Crippen LogP contribution < -0.4 is 10.8 Å². The molecule has 1 N–H and O–H groups in total. The molecule has 1 aromatic carbocycles. The second-order valence-electron chi connectivity index (χ2n) is 7.65. The van der Waals surface area contributed by atoms with Gasteiger partial charge in [0.1, 0.15) is 0 Å². The van der Waals surface area contributed by atoms with Gasteiger partial charge in [-0.05, 0) is 46.6 Å². The second-order valence-corrected chi connectivity index (χ2v) is 7.65. The van der Waals surface area contributed by atoms with Gasteiger partial charge >= 0.3 is 7.12 Å². The van der Waals surface area contributed by atoms with E-state index in [0.29, 0.717) is 0 Å². The molecule has 0 atom stereocenters. The Hall–Kier alpha value is -1.33. The molecule has 1 aliphatic heterocycles. The number of amides is 1. The minimum Gasteiger partial charge on any atom is -0.399 e. The van der Waals surface area contributed by atoms with E-state index in [9.17, 15) is 4.79 Å². The number of hydrogen-bond acceptors (Lipinski definition) is 3. The van der Waals surface area contributed by atoms with Gasteiger partial charge in [-0.1, -0.05) is 31.0 Å². The molecule has 5 heteroatoms. The molecule has 23 heavy (non-hydrogen) atoms. The first kappa shape index (κ1) is 16.5. The average molecular weight is 315 g/mol. The Morgan fingerprint density at radius 3 is 2.26 bits per heavy atom. The molecule has 2 aliphatic rings. The number of para-hydroxylation sites is 1. The van der Waals surface area contributed by atoms with Gasteiger partial charge in [0.2, 0.25) is 5.91 Å². The maximum Gasteiger partial charge on any atom is 0.496 e. The zero-order valence-corrected chi connectivity index (χ0v) is 14.5. The molecule has 0 bridgehead atoms. The Labute approximate surface area is 139 Å². The van der Waals surface area contributed by atoms with Crippen molar-refractivity contribution < 1.29 is 14.1 Å². The predicted octanol–water partition coefficient (Wildman–Crippen LogP) is 3.11. The van der Waals surface area contributed by atoms with Crippen molar-refractivity contribution in [3.8, 4) is 0 Å². The molecule has 1 amide bonds. The summed E-state index contributed by atoms with van der Waals surface area (Å²) in [4.78, 5) is 12.4. The number of rotatable bonds is 3. The van der Waals surface area contributed by atoms with Crippen LogP contribution in [0, 0.1) is 5.92 Å². The van der Waals surface area contributed by atoms with Crippen molar-refractivity contribution in [3.63, 3.8) is 0 Å². The molecule has 1 heterocycles. The molecule has 1 saturated carbocycles. The Morgan fingerprint density at radius 1 is 1.09 bits per heavy atom. The highest BCUT2D eigenvalue weighted by Gasteiger charge is 2.52. The van der Waals surface area contributed by atoms with Crippen molar-refractivity contribution in [2.75, 3.05) is 5.32 Å². The molecule has 0 aromatic heterocycles. The number of anilines is 1. The van der Waals surface area contributed by atoms with Gasteiger partial charge in [-0.3, -0.25) is 4.79 Å². The Balaban J connectivity index is 1.80. The highest BCUT2D eigenvalue weighted by molar-refractivity contribution is 6.64. The van der Waals surface area contributed by atoms with Crippen molar-refractivity contribution in [2.24, 2.45) is 5.92 Å². The molecule has 0 radical (unpaired) electrons. The molecular formula is C18H26BNO3. The third-order valence-corrected chi connectivity index (χ3v) is 5.45. The van der Waals surface area contributed by atoms with E-state index in [1.165, 1.54) is 0 Å². The molecule has 3 rings (SSSR count). The SMILES string of the molecule is CC1(C)OB(c2ccccc2NC(=O)C2CCCC2)OC1(C)C. The fourth-order valence-corrected chi connectivity index (χ4v) is 3.21. The summed E-state index contributed by atoms with van der Waals surface area (Å²) >= 11 is 0. The lowest BCUT2D eigenvalue weighted by molar-refractivity contribution is -0.119. The summed E-state index contributed by atoms with van der Waals surface area (Å²) in [6, 6.07) is 7.77. The van der Waals surface area contributed by atoms with E-state index in [4.69, 9.17) is 9.31 Å². The quantitative estimate of drug-likeness (QED) is 0.872. The van der Waals surface area contributed by atoms with E-state index in [0.717, 1.165) is 36.8 Å². The standard InChI is InChI=1S/C18H26BNO3/c1-17(2)18(3,4)23-19(22-17)14-11-7-8-12-15(14)20-16(21)13-9-5-6-10-13/h7-8,11-13H,5-6,9-10H2,1-4H3,(H,20,21). The summed E-state index contributed by atoms with van der Waals surface area (Å²) in [6.45, 7) is 8.14. The van der Waals surface area contributed by atoms with Crippen LogP contribution >= 0.6 is 0 Å². The fourth-order valence-electron chi connectivity index (χ4n) is 3.21. The lowest BCUT2D eigenvalue weighted by atomic mass is 9.77. The van der Waals surface area contributed by atoms with E-state index in [1.54, 1.807) is 0 Å². The largest absolute Gasteiger partial charge is 0.496 e. The van der Waals surface area contributed by atoms with Crippen LogP contribution in [0.1, 0.15) is 53.4 Å². The zero-order valence-electron chi connectivity index (χ0n) is 14.5. The van der Waals surface area contributed by atoms with Gasteiger partial charge < -0.3 is 14.6 Å². The van der Waals surface area contributed by atoms with Gasteiger partial charge in [-0.25, -0.2) is 0 Å². The van der Waals surface area contributed by atoms with Gasteiger partial charge in [-0.2, -0.15) is 0 Å². The first-order valence-corrected chi connectivity index (χ1v) is 8.55. The Kier molecular flexibility index (Phi) is 4.28. The van der Waals surface area contributed by atoms with Crippen LogP contribution in [-0.2, 0) is 14.1 Å². The second kappa shape index (κ2) is 5.95. The van der Waals surface area contributed by atoms with Crippen LogP contribution in [0.15, 0.2) is 24.3 Å². The summed E-state index contributed by atoms with van der Waals surface area (Å²) in [5.41, 5.74) is 0.904. The summed E-state index contributed by atoms with van der Waals surface area (Å²) in [7, 11) is -0.458. The third-order valence-electron chi connectivity index (χ3n) is 5.45. The highest BCUT2D eigenvalue weighted by atomic mass is 16.7. The van der Waals surface area contributed by atoms with E-state index < -0.39 is 7.12 Å². The van der Waals surface area contributed by atoms with Gasteiger partial charge in [-0.15, -0.1) is 0 Å². The zero-order chi connectivity index (χ0) is 16.7. The summed E-state index contributed by atoms with van der Waals surface area (Å²) in [5.74, 6) is 0.257. The number of carbonyl (C=O) groups excluding carboxylic acids is 1. The molecule has 4 nitrogen and oxygen atoms in total. The van der Waals surface area contributed by atoms with Gasteiger partial charge in [0.25, 0.3) is 0 Å². The van der Waals surface area contributed by atoms with Crippen LogP contribution in [0.3, 0.4) is 0 Å². The van der Waals surface area contributed by atoms with Crippen molar-refractivity contribution >= 4 is 24.2 Å². The van der Waals surface area contributed by atoms with E-state index in [2.05, 4.69) is 5.32 Å². The third kappa shape index (κ3) is 3.17. The number of carbonyl (C=O) groups is 1. The maximum atomic E-state index is 12.4. The van der Waals surface area contributed by atoms with Crippen molar-refractivity contribution in [1.82, 2.24) is 0 Å². The normalized spacial score (nSPS) is 23.2. The molecule has 1 aliphatic carbocycles. The lowest BCUT2D eigenvalue weighted by Gasteiger charge is -2.32. The topological polar surface area (TPSA) is 47.6 Å². The molecular weight excluding hydrogens is 289 g/mol. The van der Waals surface area contributed by atoms with Crippen LogP contribution in [0.4, 0.5) is 5.69 Å². The molecule has 124 valence electrons. The predicted molar refractivity (Wildman–Crippen MR) is 92.7 cm³/mol. The van der Waals surface area contributed by atoms with Gasteiger partial charge in [0.05, 0.1) is 11.2 Å². The molecule has 1 saturated heterocycles. The van der Waals surface area contributed by atoms with Crippen molar-refractivity contribution in [3.05, 3.63) is 24.3 Å². The van der Waals surface area contributed by atoms with Crippen LogP contribution in [-0.4, -0.2) is 24.2 Å². The summed E-state index contributed by atoms with van der Waals surface area (Å²) < 4.78 is 12.2. The Bertz CT molecular complexity index is 578. The molecule has 0 spiro atoms. The fraction of sp³-hybridized carbons (Fsp3) is 0.611. The first-order chi connectivity index (χ1) is 10.8. The van der Waals surface area contributed by atoms with E-state index in [-0.39, 0.29) is 23.0 Å². The maximum absolute atomic E-state index is 12.4. The molecule has 2 fully saturated rings.